The van der Waals surface area contributed by atoms with Crippen LogP contribution >= 0.6 is 0 Å². The van der Waals surface area contributed by atoms with Crippen LogP contribution in [-0.2, 0) is 0 Å². The van der Waals surface area contributed by atoms with Crippen molar-refractivity contribution in [1.82, 2.24) is 9.97 Å². The highest BCUT2D eigenvalue weighted by Gasteiger charge is 2.09. The molecule has 0 saturated heterocycles. The summed E-state index contributed by atoms with van der Waals surface area (Å²) in [5, 5.41) is 3.74. The lowest BCUT2D eigenvalue weighted by Gasteiger charge is -2.08. The first-order valence-electron chi connectivity index (χ1n) is 9.41. The molecule has 146 valence electrons. The Bertz CT molecular complexity index is 1430. The Labute approximate surface area is 171 Å². The minimum Gasteiger partial charge on any atom is -0.497 e. The maximum absolute atomic E-state index is 12.5. The van der Waals surface area contributed by atoms with Gasteiger partial charge in [-0.25, -0.2) is 4.98 Å². The molecule has 0 amide bonds. The molecule has 0 aliphatic rings. The Kier molecular flexibility index (Phi) is 4.37. The molecular formula is C24H17N3O3. The lowest BCUT2D eigenvalue weighted by Crippen LogP contribution is -2.01. The fourth-order valence-corrected chi connectivity index (χ4v) is 3.29. The van der Waals surface area contributed by atoms with E-state index in [1.165, 1.54) is 6.07 Å². The number of ether oxygens (including phenoxy) is 1. The van der Waals surface area contributed by atoms with E-state index in [4.69, 9.17) is 9.15 Å². The van der Waals surface area contributed by atoms with E-state index in [0.29, 0.717) is 28.3 Å². The van der Waals surface area contributed by atoms with Crippen molar-refractivity contribution < 1.29 is 9.15 Å². The van der Waals surface area contributed by atoms with Crippen LogP contribution in [0.3, 0.4) is 0 Å². The molecule has 0 aliphatic heterocycles. The first-order valence-corrected chi connectivity index (χ1v) is 9.41. The molecule has 6 nitrogen and oxygen atoms in total. The minimum atomic E-state index is -0.112. The number of nitrogens with one attached hydrogen (secondary N) is 1. The molecule has 6 heteroatoms. The Morgan fingerprint density at radius 3 is 2.53 bits per heavy atom. The van der Waals surface area contributed by atoms with Gasteiger partial charge >= 0.3 is 0 Å². The van der Waals surface area contributed by atoms with Gasteiger partial charge in [-0.3, -0.25) is 9.78 Å². The molecule has 1 N–H and O–H groups in total. The van der Waals surface area contributed by atoms with Crippen LogP contribution in [0.2, 0.25) is 0 Å². The monoisotopic (exact) mass is 395 g/mol. The van der Waals surface area contributed by atoms with Crippen LogP contribution in [0.4, 0.5) is 11.5 Å². The van der Waals surface area contributed by atoms with Crippen molar-refractivity contribution in [2.24, 2.45) is 0 Å². The third kappa shape index (κ3) is 3.35. The number of rotatable bonds is 4. The lowest BCUT2D eigenvalue weighted by molar-refractivity contribution is 0.415. The number of aromatic nitrogens is 2. The molecule has 5 rings (SSSR count). The summed E-state index contributed by atoms with van der Waals surface area (Å²) >= 11 is 0. The highest BCUT2D eigenvalue weighted by atomic mass is 16.5. The van der Waals surface area contributed by atoms with Gasteiger partial charge in [0.25, 0.3) is 0 Å². The standard InChI is InChI=1S/C24H17N3O3/c1-29-17-10-11-22-18(12-17)21(28)13-23(30-22)15-6-8-16(9-7-15)26-24-14-25-19-4-2-3-5-20(19)27-24/h2-14H,1H3,(H,26,27). The van der Waals surface area contributed by atoms with E-state index in [2.05, 4.69) is 15.3 Å². The van der Waals surface area contributed by atoms with Crippen molar-refractivity contribution in [2.45, 2.75) is 0 Å². The Morgan fingerprint density at radius 1 is 0.933 bits per heavy atom. The third-order valence-electron chi connectivity index (χ3n) is 4.82. The van der Waals surface area contributed by atoms with Crippen LogP contribution in [-0.4, -0.2) is 17.1 Å². The first kappa shape index (κ1) is 17.9. The number of para-hydroxylation sites is 2. The molecule has 0 bridgehead atoms. The quantitative estimate of drug-likeness (QED) is 0.453. The molecular weight excluding hydrogens is 378 g/mol. The van der Waals surface area contributed by atoms with Crippen molar-refractivity contribution in [3.05, 3.63) is 89.2 Å². The maximum atomic E-state index is 12.5. The van der Waals surface area contributed by atoms with Gasteiger partial charge in [-0.1, -0.05) is 12.1 Å². The Hall–Kier alpha value is -4.19. The average molecular weight is 395 g/mol. The van der Waals surface area contributed by atoms with Crippen LogP contribution in [0.1, 0.15) is 0 Å². The van der Waals surface area contributed by atoms with Crippen LogP contribution in [0.5, 0.6) is 5.75 Å². The highest BCUT2D eigenvalue weighted by Crippen LogP contribution is 2.26. The molecule has 0 atom stereocenters. The third-order valence-corrected chi connectivity index (χ3v) is 4.82. The molecule has 5 aromatic rings. The zero-order valence-corrected chi connectivity index (χ0v) is 16.1. The van der Waals surface area contributed by atoms with Gasteiger partial charge in [-0.15, -0.1) is 0 Å². The number of benzene rings is 3. The minimum absolute atomic E-state index is 0.112. The second kappa shape index (κ2) is 7.33. The van der Waals surface area contributed by atoms with Crippen molar-refractivity contribution in [1.29, 1.82) is 0 Å². The highest BCUT2D eigenvalue weighted by molar-refractivity contribution is 5.80. The van der Waals surface area contributed by atoms with E-state index < -0.39 is 0 Å². The molecule has 2 aromatic heterocycles. The van der Waals surface area contributed by atoms with E-state index in [0.717, 1.165) is 22.3 Å². The second-order valence-corrected chi connectivity index (χ2v) is 6.78. The first-order chi connectivity index (χ1) is 14.7. The molecule has 0 saturated carbocycles. The van der Waals surface area contributed by atoms with Gasteiger partial charge in [0.2, 0.25) is 0 Å². The molecule has 30 heavy (non-hydrogen) atoms. The van der Waals surface area contributed by atoms with Gasteiger partial charge in [0, 0.05) is 17.3 Å². The summed E-state index contributed by atoms with van der Waals surface area (Å²) in [5.74, 6) is 1.79. The summed E-state index contributed by atoms with van der Waals surface area (Å²) in [4.78, 5) is 21.5. The van der Waals surface area contributed by atoms with E-state index in [9.17, 15) is 4.79 Å². The van der Waals surface area contributed by atoms with Crippen molar-refractivity contribution in [3.8, 4) is 17.1 Å². The van der Waals surface area contributed by atoms with Gasteiger partial charge in [-0.2, -0.15) is 0 Å². The molecule has 0 aliphatic carbocycles. The van der Waals surface area contributed by atoms with Gasteiger partial charge in [0.1, 0.15) is 22.9 Å². The summed E-state index contributed by atoms with van der Waals surface area (Å²) in [5.41, 5.74) is 3.75. The predicted molar refractivity (Wildman–Crippen MR) is 117 cm³/mol. The number of methoxy groups -OCH3 is 1. The molecule has 0 radical (unpaired) electrons. The second-order valence-electron chi connectivity index (χ2n) is 6.78. The summed E-state index contributed by atoms with van der Waals surface area (Å²) < 4.78 is 11.1. The van der Waals surface area contributed by atoms with Crippen molar-refractivity contribution in [3.63, 3.8) is 0 Å². The SMILES string of the molecule is COc1ccc2oc(-c3ccc(Nc4cnc5ccccc5n4)cc3)cc(=O)c2c1. The number of anilines is 2. The number of hydrogen-bond donors (Lipinski definition) is 1. The average Bonchev–Trinajstić information content (AvgIpc) is 2.79. The van der Waals surface area contributed by atoms with Crippen LogP contribution in [0.25, 0.3) is 33.3 Å². The van der Waals surface area contributed by atoms with Crippen molar-refractivity contribution in [2.75, 3.05) is 12.4 Å². The maximum Gasteiger partial charge on any atom is 0.193 e. The zero-order valence-electron chi connectivity index (χ0n) is 16.1. The summed E-state index contributed by atoms with van der Waals surface area (Å²) in [6.45, 7) is 0. The van der Waals surface area contributed by atoms with E-state index >= 15 is 0 Å². The number of hydrogen-bond acceptors (Lipinski definition) is 6. The van der Waals surface area contributed by atoms with Crippen LogP contribution in [0, 0.1) is 0 Å². The largest absolute Gasteiger partial charge is 0.497 e. The molecule has 3 aromatic carbocycles. The van der Waals surface area contributed by atoms with Gasteiger partial charge in [0.05, 0.1) is 29.7 Å². The number of fused-ring (bicyclic) bond motifs is 2. The van der Waals surface area contributed by atoms with Gasteiger partial charge in [0.15, 0.2) is 5.43 Å². The predicted octanol–water partition coefficient (Wildman–Crippen LogP) is 5.16. The Morgan fingerprint density at radius 2 is 1.73 bits per heavy atom. The van der Waals surface area contributed by atoms with Gasteiger partial charge < -0.3 is 14.5 Å². The lowest BCUT2D eigenvalue weighted by atomic mass is 10.1. The molecule has 0 unspecified atom stereocenters. The summed E-state index contributed by atoms with van der Waals surface area (Å²) in [6, 6.07) is 22.0. The Balaban J connectivity index is 1.43. The van der Waals surface area contributed by atoms with E-state index in [1.807, 2.05) is 48.5 Å². The molecule has 2 heterocycles. The van der Waals surface area contributed by atoms with E-state index in [-0.39, 0.29) is 5.43 Å². The molecule has 0 fully saturated rings. The van der Waals surface area contributed by atoms with Gasteiger partial charge in [-0.05, 0) is 54.6 Å². The van der Waals surface area contributed by atoms with E-state index in [1.54, 1.807) is 31.5 Å². The zero-order chi connectivity index (χ0) is 20.5. The number of nitrogens with zero attached hydrogens (tertiary/aromatic N) is 2. The fourth-order valence-electron chi connectivity index (χ4n) is 3.29. The fraction of sp³-hybridized carbons (Fsp3) is 0.0417. The van der Waals surface area contributed by atoms with Crippen LogP contribution in [0.15, 0.2) is 88.2 Å². The van der Waals surface area contributed by atoms with Crippen LogP contribution < -0.4 is 15.5 Å². The normalized spacial score (nSPS) is 11.0. The topological polar surface area (TPSA) is 77.2 Å². The summed E-state index contributed by atoms with van der Waals surface area (Å²) in [6.07, 6.45) is 1.70. The smallest absolute Gasteiger partial charge is 0.193 e. The molecule has 0 spiro atoms. The summed E-state index contributed by atoms with van der Waals surface area (Å²) in [7, 11) is 1.57. The van der Waals surface area contributed by atoms with Crippen molar-refractivity contribution >= 4 is 33.5 Å².